The van der Waals surface area contributed by atoms with Gasteiger partial charge in [-0.3, -0.25) is 0 Å². The minimum Gasteiger partial charge on any atom is -0.389 e. The minimum absolute atomic E-state index is 0.0511. The van der Waals surface area contributed by atoms with Crippen LogP contribution in [0.4, 0.5) is 0 Å². The van der Waals surface area contributed by atoms with Crippen molar-refractivity contribution in [3.8, 4) is 0 Å². The average molecular weight is 259 g/mol. The van der Waals surface area contributed by atoms with Gasteiger partial charge >= 0.3 is 0 Å². The molecule has 0 amide bonds. The fraction of sp³-hybridized carbons (Fsp3) is 0.700. The van der Waals surface area contributed by atoms with Gasteiger partial charge in [0, 0.05) is 26.3 Å². The van der Waals surface area contributed by atoms with Gasteiger partial charge in [0.05, 0.1) is 5.60 Å². The summed E-state index contributed by atoms with van der Waals surface area (Å²) in [5, 5.41) is 9.85. The third-order valence-corrected chi connectivity index (χ3v) is 4.82. The van der Waals surface area contributed by atoms with Crippen molar-refractivity contribution in [3.05, 3.63) is 12.0 Å². The molecule has 17 heavy (non-hydrogen) atoms. The topological polar surface area (TPSA) is 75.4 Å². The third-order valence-electron chi connectivity index (χ3n) is 3.11. The fourth-order valence-electron chi connectivity index (χ4n) is 1.89. The van der Waals surface area contributed by atoms with Crippen molar-refractivity contribution in [2.45, 2.75) is 30.9 Å². The van der Waals surface area contributed by atoms with Crippen LogP contribution >= 0.6 is 0 Å². The van der Waals surface area contributed by atoms with Crippen molar-refractivity contribution in [2.75, 3.05) is 13.1 Å². The predicted molar refractivity (Wildman–Crippen MR) is 61.9 cm³/mol. The molecule has 1 aliphatic heterocycles. The molecule has 1 unspecified atom stereocenters. The number of hydrogen-bond acceptors (Lipinski definition) is 4. The Balaban J connectivity index is 2.32. The molecule has 2 heterocycles. The lowest BCUT2D eigenvalue weighted by Crippen LogP contribution is -2.34. The van der Waals surface area contributed by atoms with Crippen LogP contribution in [0, 0.1) is 6.92 Å². The molecule has 1 fully saturated rings. The van der Waals surface area contributed by atoms with Gasteiger partial charge in [-0.25, -0.2) is 13.4 Å². The molecule has 7 heteroatoms. The summed E-state index contributed by atoms with van der Waals surface area (Å²) in [6.45, 7) is 3.86. The monoisotopic (exact) mass is 259 g/mol. The highest BCUT2D eigenvalue weighted by atomic mass is 32.2. The zero-order valence-electron chi connectivity index (χ0n) is 10.2. The van der Waals surface area contributed by atoms with Gasteiger partial charge in [-0.2, -0.15) is 4.31 Å². The Kier molecular flexibility index (Phi) is 2.80. The molecule has 1 aliphatic rings. The summed E-state index contributed by atoms with van der Waals surface area (Å²) in [7, 11) is -1.82. The first-order valence-corrected chi connectivity index (χ1v) is 6.89. The highest BCUT2D eigenvalue weighted by Gasteiger charge is 2.39. The second kappa shape index (κ2) is 3.79. The lowest BCUT2D eigenvalue weighted by molar-refractivity contribution is 0.0762. The molecule has 1 aromatic rings. The van der Waals surface area contributed by atoms with E-state index in [1.165, 1.54) is 10.5 Å². The highest BCUT2D eigenvalue weighted by molar-refractivity contribution is 7.89. The second-order valence-electron chi connectivity index (χ2n) is 4.82. The van der Waals surface area contributed by atoms with Crippen LogP contribution < -0.4 is 0 Å². The molecule has 0 aliphatic carbocycles. The van der Waals surface area contributed by atoms with Crippen molar-refractivity contribution in [1.82, 2.24) is 13.9 Å². The van der Waals surface area contributed by atoms with Crippen molar-refractivity contribution in [2.24, 2.45) is 7.05 Å². The smallest absolute Gasteiger partial charge is 0.262 e. The molecule has 1 atom stereocenters. The maximum atomic E-state index is 12.2. The average Bonchev–Trinajstić information content (AvgIpc) is 2.72. The molecular formula is C10H17N3O3S. The molecule has 1 saturated heterocycles. The van der Waals surface area contributed by atoms with E-state index in [2.05, 4.69) is 4.98 Å². The van der Waals surface area contributed by atoms with E-state index in [4.69, 9.17) is 0 Å². The number of β-amino-alcohol motifs (C(OH)–C–C–N with tert-alkyl or cyclic N) is 1. The molecule has 0 bridgehead atoms. The summed E-state index contributed by atoms with van der Waals surface area (Å²) in [6.07, 6.45) is 1.95. The van der Waals surface area contributed by atoms with Crippen molar-refractivity contribution < 1.29 is 13.5 Å². The van der Waals surface area contributed by atoms with E-state index in [9.17, 15) is 13.5 Å². The number of imidazole rings is 1. The maximum absolute atomic E-state index is 12.2. The summed E-state index contributed by atoms with van der Waals surface area (Å²) in [5.74, 6) is 0.648. The van der Waals surface area contributed by atoms with Crippen molar-refractivity contribution in [3.63, 3.8) is 0 Å². The molecule has 0 saturated carbocycles. The number of aryl methyl sites for hydroxylation is 2. The van der Waals surface area contributed by atoms with Crippen LogP contribution in [-0.4, -0.2) is 46.1 Å². The summed E-state index contributed by atoms with van der Waals surface area (Å²) >= 11 is 0. The Labute approximate surface area is 101 Å². The Morgan fingerprint density at radius 2 is 2.18 bits per heavy atom. The van der Waals surface area contributed by atoms with Crippen molar-refractivity contribution >= 4 is 10.0 Å². The number of hydrogen-bond donors (Lipinski definition) is 1. The van der Waals surface area contributed by atoms with Gasteiger partial charge in [-0.1, -0.05) is 0 Å². The zero-order chi connectivity index (χ0) is 12.8. The first kappa shape index (κ1) is 12.5. The fourth-order valence-corrected chi connectivity index (χ4v) is 3.47. The summed E-state index contributed by atoms with van der Waals surface area (Å²) in [6, 6.07) is 0. The van der Waals surface area contributed by atoms with Crippen molar-refractivity contribution in [1.29, 1.82) is 0 Å². The Morgan fingerprint density at radius 3 is 2.59 bits per heavy atom. The van der Waals surface area contributed by atoms with Gasteiger partial charge in [0.25, 0.3) is 10.0 Å². The van der Waals surface area contributed by atoms with E-state index in [0.29, 0.717) is 18.8 Å². The lowest BCUT2D eigenvalue weighted by atomic mass is 10.1. The van der Waals surface area contributed by atoms with E-state index >= 15 is 0 Å². The van der Waals surface area contributed by atoms with Gasteiger partial charge in [0.1, 0.15) is 5.82 Å². The zero-order valence-corrected chi connectivity index (χ0v) is 11.0. The molecule has 6 nitrogen and oxygen atoms in total. The first-order valence-electron chi connectivity index (χ1n) is 5.45. The van der Waals surface area contributed by atoms with Gasteiger partial charge in [-0.05, 0) is 20.3 Å². The highest BCUT2D eigenvalue weighted by Crippen LogP contribution is 2.26. The maximum Gasteiger partial charge on any atom is 0.262 e. The van der Waals surface area contributed by atoms with Crippen LogP contribution in [0.3, 0.4) is 0 Å². The number of nitrogens with zero attached hydrogens (tertiary/aromatic N) is 3. The summed E-state index contributed by atoms with van der Waals surface area (Å²) in [5.41, 5.74) is -0.934. The summed E-state index contributed by atoms with van der Waals surface area (Å²) in [4.78, 5) is 4.03. The molecule has 1 aromatic heterocycles. The number of sulfonamides is 1. The Morgan fingerprint density at radius 1 is 1.53 bits per heavy atom. The van der Waals surface area contributed by atoms with E-state index in [-0.39, 0.29) is 11.6 Å². The van der Waals surface area contributed by atoms with Gasteiger partial charge in [0.2, 0.25) is 0 Å². The number of aliphatic hydroxyl groups is 1. The predicted octanol–water partition coefficient (Wildman–Crippen LogP) is -0.126. The molecular weight excluding hydrogens is 242 g/mol. The number of rotatable bonds is 2. The molecule has 0 radical (unpaired) electrons. The van der Waals surface area contributed by atoms with Crippen LogP contribution in [-0.2, 0) is 17.1 Å². The van der Waals surface area contributed by atoms with Gasteiger partial charge in [-0.15, -0.1) is 0 Å². The van der Waals surface area contributed by atoms with Crippen LogP contribution in [0.5, 0.6) is 0 Å². The van der Waals surface area contributed by atoms with Crippen LogP contribution in [0.2, 0.25) is 0 Å². The van der Waals surface area contributed by atoms with Crippen LogP contribution in [0.15, 0.2) is 11.2 Å². The first-order chi connectivity index (χ1) is 7.72. The standard InChI is InChI=1S/C10H17N3O3S/c1-8-11-9(6-12(8)3)17(15,16)13-5-4-10(2,14)7-13/h6,14H,4-5,7H2,1-3H3. The normalized spacial score (nSPS) is 26.6. The van der Waals surface area contributed by atoms with E-state index in [0.717, 1.165) is 0 Å². The Hall–Kier alpha value is -0.920. The lowest BCUT2D eigenvalue weighted by Gasteiger charge is -2.17. The second-order valence-corrected chi connectivity index (χ2v) is 6.71. The summed E-state index contributed by atoms with van der Waals surface area (Å²) < 4.78 is 27.4. The van der Waals surface area contributed by atoms with Gasteiger partial charge in [0.15, 0.2) is 5.03 Å². The van der Waals surface area contributed by atoms with E-state index < -0.39 is 15.6 Å². The minimum atomic E-state index is -3.57. The molecule has 0 spiro atoms. The third kappa shape index (κ3) is 2.22. The van der Waals surface area contributed by atoms with Crippen LogP contribution in [0.1, 0.15) is 19.2 Å². The quantitative estimate of drug-likeness (QED) is 0.803. The largest absolute Gasteiger partial charge is 0.389 e. The van der Waals surface area contributed by atoms with E-state index in [1.807, 2.05) is 0 Å². The molecule has 96 valence electrons. The van der Waals surface area contributed by atoms with Crippen LogP contribution in [0.25, 0.3) is 0 Å². The molecule has 0 aromatic carbocycles. The number of aromatic nitrogens is 2. The molecule has 1 N–H and O–H groups in total. The SMILES string of the molecule is Cc1nc(S(=O)(=O)N2CCC(C)(O)C2)cn1C. The molecule has 2 rings (SSSR count). The van der Waals surface area contributed by atoms with E-state index in [1.54, 1.807) is 25.5 Å². The Bertz CT molecular complexity index is 513. The van der Waals surface area contributed by atoms with Gasteiger partial charge < -0.3 is 9.67 Å².